The first-order valence-electron chi connectivity index (χ1n) is 7.91. The summed E-state index contributed by atoms with van der Waals surface area (Å²) in [5.41, 5.74) is 0. The number of hydrogen-bond acceptors (Lipinski definition) is 4. The Morgan fingerprint density at radius 2 is 2.10 bits per heavy atom. The molecule has 5 nitrogen and oxygen atoms in total. The van der Waals surface area contributed by atoms with Crippen LogP contribution in [0.4, 0.5) is 0 Å². The van der Waals surface area contributed by atoms with E-state index in [0.29, 0.717) is 18.4 Å². The predicted molar refractivity (Wildman–Crippen MR) is 79.8 cm³/mol. The highest BCUT2D eigenvalue weighted by Gasteiger charge is 2.23. The van der Waals surface area contributed by atoms with E-state index in [2.05, 4.69) is 23.9 Å². The molecule has 0 bridgehead atoms. The number of carbonyl (C=O) groups is 1. The monoisotopic (exact) mass is 283 g/mol. The van der Waals surface area contributed by atoms with Crippen molar-refractivity contribution in [2.75, 3.05) is 60.0 Å². The van der Waals surface area contributed by atoms with Crippen molar-refractivity contribution < 1.29 is 9.53 Å². The Hall–Kier alpha value is -0.650. The van der Waals surface area contributed by atoms with Crippen LogP contribution in [0.15, 0.2) is 0 Å². The summed E-state index contributed by atoms with van der Waals surface area (Å²) in [5, 5.41) is 0. The standard InChI is InChI=1S/C15H29N3O2/c1-16(2)8-10-18-11-9-17(7-6-15(18)19)13-14-5-3-4-12-20-14/h14H,3-13H2,1-2H3/t14-/m0/s1. The number of hydrogen-bond donors (Lipinski definition) is 0. The second-order valence-corrected chi connectivity index (χ2v) is 6.22. The summed E-state index contributed by atoms with van der Waals surface area (Å²) in [6.45, 7) is 6.42. The zero-order valence-electron chi connectivity index (χ0n) is 13.0. The van der Waals surface area contributed by atoms with Crippen molar-refractivity contribution in [3.05, 3.63) is 0 Å². The fourth-order valence-corrected chi connectivity index (χ4v) is 2.89. The van der Waals surface area contributed by atoms with Gasteiger partial charge in [-0.1, -0.05) is 0 Å². The number of nitrogens with zero attached hydrogens (tertiary/aromatic N) is 3. The summed E-state index contributed by atoms with van der Waals surface area (Å²) < 4.78 is 5.81. The molecule has 0 aromatic heterocycles. The van der Waals surface area contributed by atoms with Crippen molar-refractivity contribution in [3.8, 4) is 0 Å². The highest BCUT2D eigenvalue weighted by atomic mass is 16.5. The Bertz CT molecular complexity index is 303. The van der Waals surface area contributed by atoms with E-state index in [0.717, 1.165) is 45.9 Å². The van der Waals surface area contributed by atoms with Gasteiger partial charge in [0, 0.05) is 52.3 Å². The second-order valence-electron chi connectivity index (χ2n) is 6.22. The van der Waals surface area contributed by atoms with Crippen molar-refractivity contribution in [1.29, 1.82) is 0 Å². The summed E-state index contributed by atoms with van der Waals surface area (Å²) in [7, 11) is 4.10. The SMILES string of the molecule is CN(C)CCN1CCN(C[C@@H]2CCCCO2)CCC1=O. The molecule has 2 saturated heterocycles. The van der Waals surface area contributed by atoms with Crippen molar-refractivity contribution in [3.63, 3.8) is 0 Å². The molecule has 2 aliphatic rings. The highest BCUT2D eigenvalue weighted by Crippen LogP contribution is 2.15. The Kier molecular flexibility index (Phi) is 6.26. The van der Waals surface area contributed by atoms with Crippen LogP contribution in [-0.2, 0) is 9.53 Å². The van der Waals surface area contributed by atoms with Gasteiger partial charge in [0.25, 0.3) is 0 Å². The highest BCUT2D eigenvalue weighted by molar-refractivity contribution is 5.76. The van der Waals surface area contributed by atoms with Gasteiger partial charge in [-0.25, -0.2) is 0 Å². The van der Waals surface area contributed by atoms with Gasteiger partial charge in [0.2, 0.25) is 5.91 Å². The summed E-state index contributed by atoms with van der Waals surface area (Å²) in [5.74, 6) is 0.305. The fraction of sp³-hybridized carbons (Fsp3) is 0.933. The summed E-state index contributed by atoms with van der Waals surface area (Å²) in [4.78, 5) is 18.7. The first kappa shape index (κ1) is 15.7. The van der Waals surface area contributed by atoms with Crippen LogP contribution in [0.2, 0.25) is 0 Å². The smallest absolute Gasteiger partial charge is 0.223 e. The van der Waals surface area contributed by atoms with E-state index < -0.39 is 0 Å². The largest absolute Gasteiger partial charge is 0.377 e. The average Bonchev–Trinajstić information content (AvgIpc) is 2.61. The van der Waals surface area contributed by atoms with E-state index in [4.69, 9.17) is 4.74 Å². The molecule has 0 N–H and O–H groups in total. The zero-order valence-corrected chi connectivity index (χ0v) is 13.0. The van der Waals surface area contributed by atoms with Crippen LogP contribution in [0.1, 0.15) is 25.7 Å². The molecule has 5 heteroatoms. The molecule has 116 valence electrons. The second kappa shape index (κ2) is 7.96. The van der Waals surface area contributed by atoms with Crippen molar-refractivity contribution in [1.82, 2.24) is 14.7 Å². The van der Waals surface area contributed by atoms with Crippen LogP contribution in [0.25, 0.3) is 0 Å². The molecule has 0 spiro atoms. The molecule has 2 fully saturated rings. The maximum atomic E-state index is 12.1. The van der Waals surface area contributed by atoms with Crippen LogP contribution in [0.5, 0.6) is 0 Å². The molecule has 0 aromatic rings. The van der Waals surface area contributed by atoms with Crippen LogP contribution in [0.3, 0.4) is 0 Å². The van der Waals surface area contributed by atoms with E-state index in [9.17, 15) is 4.79 Å². The minimum absolute atomic E-state index is 0.305. The van der Waals surface area contributed by atoms with E-state index in [1.54, 1.807) is 0 Å². The number of rotatable bonds is 5. The normalized spacial score (nSPS) is 26.1. The fourth-order valence-electron chi connectivity index (χ4n) is 2.89. The third kappa shape index (κ3) is 5.04. The van der Waals surface area contributed by atoms with Crippen molar-refractivity contribution >= 4 is 5.91 Å². The van der Waals surface area contributed by atoms with Crippen LogP contribution < -0.4 is 0 Å². The third-order valence-electron chi connectivity index (χ3n) is 4.23. The molecule has 0 radical (unpaired) electrons. The van der Waals surface area contributed by atoms with Gasteiger partial charge in [0.05, 0.1) is 6.10 Å². The van der Waals surface area contributed by atoms with E-state index >= 15 is 0 Å². The van der Waals surface area contributed by atoms with Crippen LogP contribution in [-0.4, -0.2) is 86.7 Å². The lowest BCUT2D eigenvalue weighted by atomic mass is 10.1. The molecule has 1 atom stereocenters. The predicted octanol–water partition coefficient (Wildman–Crippen LogP) is 0.651. The lowest BCUT2D eigenvalue weighted by molar-refractivity contribution is -0.130. The van der Waals surface area contributed by atoms with Gasteiger partial charge in [0.15, 0.2) is 0 Å². The number of amides is 1. The van der Waals surface area contributed by atoms with E-state index in [-0.39, 0.29) is 0 Å². The molecule has 20 heavy (non-hydrogen) atoms. The van der Waals surface area contributed by atoms with Gasteiger partial charge in [0.1, 0.15) is 0 Å². The number of ether oxygens (including phenoxy) is 1. The van der Waals surface area contributed by atoms with Crippen molar-refractivity contribution in [2.24, 2.45) is 0 Å². The maximum absolute atomic E-state index is 12.1. The molecule has 2 heterocycles. The van der Waals surface area contributed by atoms with Gasteiger partial charge in [-0.15, -0.1) is 0 Å². The maximum Gasteiger partial charge on any atom is 0.223 e. The molecular weight excluding hydrogens is 254 g/mol. The topological polar surface area (TPSA) is 36.0 Å². The van der Waals surface area contributed by atoms with Gasteiger partial charge >= 0.3 is 0 Å². The first-order chi connectivity index (χ1) is 9.65. The molecule has 2 aliphatic heterocycles. The Morgan fingerprint density at radius 3 is 2.80 bits per heavy atom. The van der Waals surface area contributed by atoms with E-state index in [1.807, 2.05) is 4.90 Å². The van der Waals surface area contributed by atoms with Gasteiger partial charge < -0.3 is 14.5 Å². The molecular formula is C15H29N3O2. The van der Waals surface area contributed by atoms with Gasteiger partial charge in [-0.2, -0.15) is 0 Å². The third-order valence-corrected chi connectivity index (χ3v) is 4.23. The minimum atomic E-state index is 0.305. The number of likely N-dealkylation sites (N-methyl/N-ethyl adjacent to an activating group) is 1. The minimum Gasteiger partial charge on any atom is -0.377 e. The average molecular weight is 283 g/mol. The lowest BCUT2D eigenvalue weighted by Gasteiger charge is -2.29. The molecule has 0 saturated carbocycles. The quantitative estimate of drug-likeness (QED) is 0.742. The van der Waals surface area contributed by atoms with E-state index in [1.165, 1.54) is 19.3 Å². The molecule has 1 amide bonds. The molecule has 0 aliphatic carbocycles. The van der Waals surface area contributed by atoms with Crippen molar-refractivity contribution in [2.45, 2.75) is 31.8 Å². The summed E-state index contributed by atoms with van der Waals surface area (Å²) >= 11 is 0. The number of carbonyl (C=O) groups excluding carboxylic acids is 1. The van der Waals surface area contributed by atoms with Crippen LogP contribution in [0, 0.1) is 0 Å². The zero-order chi connectivity index (χ0) is 14.4. The lowest BCUT2D eigenvalue weighted by Crippen LogP contribution is -2.39. The Labute approximate surface area is 122 Å². The summed E-state index contributed by atoms with van der Waals surface area (Å²) in [6, 6.07) is 0. The molecule has 0 unspecified atom stereocenters. The first-order valence-corrected chi connectivity index (χ1v) is 7.91. The van der Waals surface area contributed by atoms with Gasteiger partial charge in [-0.3, -0.25) is 9.69 Å². The van der Waals surface area contributed by atoms with Crippen LogP contribution >= 0.6 is 0 Å². The Balaban J connectivity index is 1.76. The molecule has 2 rings (SSSR count). The van der Waals surface area contributed by atoms with Gasteiger partial charge in [-0.05, 0) is 33.4 Å². The molecule has 0 aromatic carbocycles. The Morgan fingerprint density at radius 1 is 1.25 bits per heavy atom. The summed E-state index contributed by atoms with van der Waals surface area (Å²) in [6.07, 6.45) is 4.70.